The number of carbonyl (C=O) groups excluding carboxylic acids is 1. The first-order valence-electron chi connectivity index (χ1n) is 5.97. The Kier molecular flexibility index (Phi) is 2.87. The van der Waals surface area contributed by atoms with Gasteiger partial charge in [0.1, 0.15) is 5.82 Å². The fraction of sp³-hybridized carbons (Fsp3) is 0. The molecule has 4 nitrogen and oxygen atoms in total. The van der Waals surface area contributed by atoms with Crippen molar-refractivity contribution in [3.63, 3.8) is 0 Å². The van der Waals surface area contributed by atoms with E-state index in [-0.39, 0.29) is 11.6 Å². The molecule has 0 aliphatic carbocycles. The van der Waals surface area contributed by atoms with Crippen molar-refractivity contribution in [3.8, 4) is 11.3 Å². The molecule has 2 aromatic carbocycles. The maximum absolute atomic E-state index is 13.0. The van der Waals surface area contributed by atoms with Crippen LogP contribution in [0.25, 0.3) is 22.2 Å². The number of halogens is 1. The quantitative estimate of drug-likeness (QED) is 0.775. The van der Waals surface area contributed by atoms with Crippen molar-refractivity contribution in [1.29, 1.82) is 0 Å². The minimum Gasteiger partial charge on any atom is -0.363 e. The molecular weight excluding hydrogens is 257 g/mol. The van der Waals surface area contributed by atoms with Crippen molar-refractivity contribution < 1.29 is 9.18 Å². The van der Waals surface area contributed by atoms with Crippen molar-refractivity contribution in [2.75, 3.05) is 0 Å². The standard InChI is InChI=1S/C15H10FN3O/c16-10-7-5-9(6-8-10)13-11-3-1-2-4-12(11)18-15(19-13)14(17)20/h1-8H,(H2,17,20). The summed E-state index contributed by atoms with van der Waals surface area (Å²) in [6.45, 7) is 0. The van der Waals surface area contributed by atoms with Crippen LogP contribution in [0, 0.1) is 5.82 Å². The number of hydrogen-bond acceptors (Lipinski definition) is 3. The predicted octanol–water partition coefficient (Wildman–Crippen LogP) is 2.53. The second-order valence-electron chi connectivity index (χ2n) is 4.28. The molecule has 2 N–H and O–H groups in total. The second-order valence-corrected chi connectivity index (χ2v) is 4.28. The smallest absolute Gasteiger partial charge is 0.286 e. The molecule has 0 atom stereocenters. The third-order valence-corrected chi connectivity index (χ3v) is 2.94. The highest BCUT2D eigenvalue weighted by Gasteiger charge is 2.12. The molecule has 98 valence electrons. The van der Waals surface area contributed by atoms with Crippen LogP contribution in [0.3, 0.4) is 0 Å². The van der Waals surface area contributed by atoms with Crippen LogP contribution in [0.4, 0.5) is 4.39 Å². The van der Waals surface area contributed by atoms with Crippen molar-refractivity contribution in [2.45, 2.75) is 0 Å². The largest absolute Gasteiger partial charge is 0.363 e. The monoisotopic (exact) mass is 267 g/mol. The summed E-state index contributed by atoms with van der Waals surface area (Å²) in [5.74, 6) is -1.08. The lowest BCUT2D eigenvalue weighted by Crippen LogP contribution is -2.15. The second kappa shape index (κ2) is 4.70. The maximum atomic E-state index is 13.0. The van der Waals surface area contributed by atoms with E-state index in [4.69, 9.17) is 5.73 Å². The van der Waals surface area contributed by atoms with E-state index in [1.165, 1.54) is 12.1 Å². The Balaban J connectivity index is 2.32. The zero-order valence-electron chi connectivity index (χ0n) is 10.4. The van der Waals surface area contributed by atoms with Gasteiger partial charge in [-0.15, -0.1) is 0 Å². The van der Waals surface area contributed by atoms with Gasteiger partial charge >= 0.3 is 0 Å². The molecule has 0 fully saturated rings. The number of nitrogens with two attached hydrogens (primary N) is 1. The van der Waals surface area contributed by atoms with E-state index in [0.29, 0.717) is 16.8 Å². The number of fused-ring (bicyclic) bond motifs is 1. The van der Waals surface area contributed by atoms with Crippen molar-refractivity contribution in [2.24, 2.45) is 5.73 Å². The Hall–Kier alpha value is -2.82. The molecule has 1 heterocycles. The molecular formula is C15H10FN3O. The van der Waals surface area contributed by atoms with E-state index in [0.717, 1.165) is 5.39 Å². The van der Waals surface area contributed by atoms with Gasteiger partial charge in [-0.2, -0.15) is 0 Å². The van der Waals surface area contributed by atoms with Gasteiger partial charge in [-0.25, -0.2) is 14.4 Å². The molecule has 3 rings (SSSR count). The molecule has 0 saturated carbocycles. The summed E-state index contributed by atoms with van der Waals surface area (Å²) in [5, 5.41) is 0.782. The van der Waals surface area contributed by atoms with Crippen molar-refractivity contribution in [3.05, 3.63) is 60.2 Å². The van der Waals surface area contributed by atoms with Gasteiger partial charge in [0.05, 0.1) is 11.2 Å². The van der Waals surface area contributed by atoms with E-state index in [9.17, 15) is 9.18 Å². The summed E-state index contributed by atoms with van der Waals surface area (Å²) < 4.78 is 13.0. The Morgan fingerprint density at radius 1 is 1.00 bits per heavy atom. The summed E-state index contributed by atoms with van der Waals surface area (Å²) in [4.78, 5) is 19.6. The molecule has 0 radical (unpaired) electrons. The number of para-hydroxylation sites is 1. The molecule has 5 heteroatoms. The minimum atomic E-state index is -0.695. The lowest BCUT2D eigenvalue weighted by Gasteiger charge is -2.07. The van der Waals surface area contributed by atoms with Crippen LogP contribution in [0.2, 0.25) is 0 Å². The highest BCUT2D eigenvalue weighted by Crippen LogP contribution is 2.26. The van der Waals surface area contributed by atoms with Crippen LogP contribution in [0.1, 0.15) is 10.6 Å². The van der Waals surface area contributed by atoms with E-state index in [2.05, 4.69) is 9.97 Å². The number of amides is 1. The maximum Gasteiger partial charge on any atom is 0.286 e. The number of carbonyl (C=O) groups is 1. The Bertz CT molecular complexity index is 800. The van der Waals surface area contributed by atoms with Gasteiger partial charge in [0.15, 0.2) is 0 Å². The fourth-order valence-corrected chi connectivity index (χ4v) is 2.01. The molecule has 20 heavy (non-hydrogen) atoms. The van der Waals surface area contributed by atoms with Crippen LogP contribution in [-0.2, 0) is 0 Å². The number of hydrogen-bond donors (Lipinski definition) is 1. The number of primary amides is 1. The van der Waals surface area contributed by atoms with E-state index < -0.39 is 5.91 Å². The van der Waals surface area contributed by atoms with Gasteiger partial charge < -0.3 is 5.73 Å². The van der Waals surface area contributed by atoms with E-state index in [1.54, 1.807) is 18.2 Å². The summed E-state index contributed by atoms with van der Waals surface area (Å²) >= 11 is 0. The molecule has 0 unspecified atom stereocenters. The molecule has 3 aromatic rings. The number of aromatic nitrogens is 2. The number of rotatable bonds is 2. The molecule has 0 bridgehead atoms. The highest BCUT2D eigenvalue weighted by molar-refractivity contribution is 5.97. The van der Waals surface area contributed by atoms with Crippen LogP contribution < -0.4 is 5.73 Å². The van der Waals surface area contributed by atoms with Crippen molar-refractivity contribution in [1.82, 2.24) is 9.97 Å². The van der Waals surface area contributed by atoms with Gasteiger partial charge in [-0.1, -0.05) is 18.2 Å². The average molecular weight is 267 g/mol. The Morgan fingerprint density at radius 2 is 1.70 bits per heavy atom. The number of nitrogens with zero attached hydrogens (tertiary/aromatic N) is 2. The molecule has 0 aliphatic rings. The normalized spacial score (nSPS) is 10.7. The first kappa shape index (κ1) is 12.2. The van der Waals surface area contributed by atoms with E-state index >= 15 is 0 Å². The predicted molar refractivity (Wildman–Crippen MR) is 73.4 cm³/mol. The highest BCUT2D eigenvalue weighted by atomic mass is 19.1. The SMILES string of the molecule is NC(=O)c1nc(-c2ccc(F)cc2)c2ccccc2n1. The first-order valence-corrected chi connectivity index (χ1v) is 5.97. The first-order chi connectivity index (χ1) is 9.65. The summed E-state index contributed by atoms with van der Waals surface area (Å²) in [6.07, 6.45) is 0. The fourth-order valence-electron chi connectivity index (χ4n) is 2.01. The van der Waals surface area contributed by atoms with Crippen LogP contribution in [-0.4, -0.2) is 15.9 Å². The zero-order chi connectivity index (χ0) is 14.1. The lowest BCUT2D eigenvalue weighted by atomic mass is 10.1. The average Bonchev–Trinajstić information content (AvgIpc) is 2.47. The van der Waals surface area contributed by atoms with Crippen LogP contribution in [0.15, 0.2) is 48.5 Å². The van der Waals surface area contributed by atoms with Crippen molar-refractivity contribution >= 4 is 16.8 Å². The zero-order valence-corrected chi connectivity index (χ0v) is 10.4. The van der Waals surface area contributed by atoms with Gasteiger partial charge in [0, 0.05) is 10.9 Å². The molecule has 1 aromatic heterocycles. The lowest BCUT2D eigenvalue weighted by molar-refractivity contribution is 0.0991. The third kappa shape index (κ3) is 2.09. The Labute approximate surface area is 114 Å². The molecule has 0 aliphatic heterocycles. The van der Waals surface area contributed by atoms with Crippen LogP contribution >= 0.6 is 0 Å². The topological polar surface area (TPSA) is 68.9 Å². The van der Waals surface area contributed by atoms with Gasteiger partial charge in [-0.3, -0.25) is 4.79 Å². The number of benzene rings is 2. The molecule has 0 saturated heterocycles. The minimum absolute atomic E-state index is 0.0528. The van der Waals surface area contributed by atoms with Crippen LogP contribution in [0.5, 0.6) is 0 Å². The summed E-state index contributed by atoms with van der Waals surface area (Å²) in [7, 11) is 0. The van der Waals surface area contributed by atoms with Gasteiger partial charge in [0.2, 0.25) is 5.82 Å². The summed E-state index contributed by atoms with van der Waals surface area (Å²) in [6, 6.07) is 13.2. The summed E-state index contributed by atoms with van der Waals surface area (Å²) in [5.41, 5.74) is 7.13. The third-order valence-electron chi connectivity index (χ3n) is 2.94. The van der Waals surface area contributed by atoms with Gasteiger partial charge in [0.25, 0.3) is 5.91 Å². The van der Waals surface area contributed by atoms with Gasteiger partial charge in [-0.05, 0) is 30.3 Å². The molecule has 1 amide bonds. The Morgan fingerprint density at radius 3 is 2.40 bits per heavy atom. The molecule has 0 spiro atoms. The van der Waals surface area contributed by atoms with E-state index in [1.807, 2.05) is 18.2 Å².